The average Bonchev–Trinajstić information content (AvgIpc) is 2.51. The Morgan fingerprint density at radius 2 is 1.88 bits per heavy atom. The van der Waals surface area contributed by atoms with Crippen LogP contribution in [0, 0.1) is 5.82 Å². The number of amides is 1. The van der Waals surface area contributed by atoms with E-state index in [4.69, 9.17) is 11.6 Å². The monoisotopic (exact) mass is 434 g/mol. The van der Waals surface area contributed by atoms with Gasteiger partial charge in [0.1, 0.15) is 5.82 Å². The number of anilines is 1. The fourth-order valence-electron chi connectivity index (χ4n) is 1.82. The van der Waals surface area contributed by atoms with E-state index in [0.29, 0.717) is 4.47 Å². The lowest BCUT2D eigenvalue weighted by atomic mass is 10.2. The number of hydrogen-bond donors (Lipinski definition) is 1. The lowest BCUT2D eigenvalue weighted by Crippen LogP contribution is -2.23. The largest absolute Gasteiger partial charge is 0.322 e. The number of carbonyl (C=O) groups is 1. The standard InChI is InChI=1S/C15H13BrClFN2O3S/c1-20(2)24(22,23)14-7-9(3-5-11(14)16)15(21)19-10-4-6-12(17)13(18)8-10/h3-8H,1-2H3,(H,19,21). The van der Waals surface area contributed by atoms with E-state index in [1.807, 2.05) is 0 Å². The molecule has 9 heteroatoms. The first-order valence-corrected chi connectivity index (χ1v) is 9.22. The Morgan fingerprint density at radius 3 is 2.46 bits per heavy atom. The van der Waals surface area contributed by atoms with Gasteiger partial charge >= 0.3 is 0 Å². The van der Waals surface area contributed by atoms with Crippen molar-refractivity contribution in [1.29, 1.82) is 0 Å². The van der Waals surface area contributed by atoms with Gasteiger partial charge in [0.2, 0.25) is 10.0 Å². The van der Waals surface area contributed by atoms with E-state index >= 15 is 0 Å². The Bertz CT molecular complexity index is 904. The van der Waals surface area contributed by atoms with Crippen molar-refractivity contribution in [2.75, 3.05) is 19.4 Å². The highest BCUT2D eigenvalue weighted by Gasteiger charge is 2.22. The van der Waals surface area contributed by atoms with Crippen LogP contribution in [0.1, 0.15) is 10.4 Å². The number of carbonyl (C=O) groups excluding carboxylic acids is 1. The molecule has 0 radical (unpaired) electrons. The molecule has 0 saturated heterocycles. The van der Waals surface area contributed by atoms with Crippen molar-refractivity contribution >= 4 is 49.1 Å². The number of nitrogens with one attached hydrogen (secondary N) is 1. The van der Waals surface area contributed by atoms with Crippen LogP contribution in [-0.4, -0.2) is 32.7 Å². The van der Waals surface area contributed by atoms with Crippen LogP contribution in [0.3, 0.4) is 0 Å². The highest BCUT2D eigenvalue weighted by Crippen LogP contribution is 2.26. The van der Waals surface area contributed by atoms with Crippen LogP contribution in [0.5, 0.6) is 0 Å². The predicted octanol–water partition coefficient (Wildman–Crippen LogP) is 3.74. The molecule has 1 N–H and O–H groups in total. The molecule has 0 aliphatic heterocycles. The Balaban J connectivity index is 2.35. The SMILES string of the molecule is CN(C)S(=O)(=O)c1cc(C(=O)Nc2ccc(Cl)c(F)c2)ccc1Br. The summed E-state index contributed by atoms with van der Waals surface area (Å²) in [5, 5.41) is 2.43. The molecule has 24 heavy (non-hydrogen) atoms. The smallest absolute Gasteiger partial charge is 0.255 e. The van der Waals surface area contributed by atoms with Gasteiger partial charge < -0.3 is 5.32 Å². The molecule has 5 nitrogen and oxygen atoms in total. The maximum absolute atomic E-state index is 13.4. The summed E-state index contributed by atoms with van der Waals surface area (Å²) in [5.74, 6) is -1.24. The summed E-state index contributed by atoms with van der Waals surface area (Å²) in [6, 6.07) is 8.02. The molecule has 128 valence electrons. The zero-order chi connectivity index (χ0) is 18.1. The van der Waals surface area contributed by atoms with Crippen molar-refractivity contribution in [3.63, 3.8) is 0 Å². The molecule has 1 amide bonds. The average molecular weight is 436 g/mol. The molecule has 0 fully saturated rings. The molecule has 0 saturated carbocycles. The van der Waals surface area contributed by atoms with Gasteiger partial charge in [0, 0.05) is 29.8 Å². The van der Waals surface area contributed by atoms with Crippen molar-refractivity contribution in [3.8, 4) is 0 Å². The molecular weight excluding hydrogens is 423 g/mol. The van der Waals surface area contributed by atoms with Crippen LogP contribution in [0.15, 0.2) is 45.8 Å². The van der Waals surface area contributed by atoms with Gasteiger partial charge in [0.25, 0.3) is 5.91 Å². The minimum Gasteiger partial charge on any atom is -0.322 e. The molecule has 2 rings (SSSR count). The summed E-state index contributed by atoms with van der Waals surface area (Å²) in [4.78, 5) is 12.2. The zero-order valence-electron chi connectivity index (χ0n) is 12.7. The normalized spacial score (nSPS) is 11.6. The number of halogens is 3. The minimum absolute atomic E-state index is 0.0394. The van der Waals surface area contributed by atoms with E-state index in [9.17, 15) is 17.6 Å². The van der Waals surface area contributed by atoms with E-state index < -0.39 is 21.7 Å². The first-order chi connectivity index (χ1) is 11.1. The lowest BCUT2D eigenvalue weighted by molar-refractivity contribution is 0.102. The Morgan fingerprint density at radius 1 is 1.21 bits per heavy atom. The summed E-state index contributed by atoms with van der Waals surface area (Å²) < 4.78 is 39.3. The number of benzene rings is 2. The fraction of sp³-hybridized carbons (Fsp3) is 0.133. The number of rotatable bonds is 4. The molecule has 0 aliphatic rings. The maximum atomic E-state index is 13.4. The van der Waals surface area contributed by atoms with Crippen LogP contribution < -0.4 is 5.32 Å². The zero-order valence-corrected chi connectivity index (χ0v) is 15.8. The summed E-state index contributed by atoms with van der Waals surface area (Å²) >= 11 is 8.75. The van der Waals surface area contributed by atoms with Crippen LogP contribution in [0.25, 0.3) is 0 Å². The second-order valence-electron chi connectivity index (χ2n) is 5.02. The first-order valence-electron chi connectivity index (χ1n) is 6.61. The Hall–Kier alpha value is -1.48. The molecule has 0 unspecified atom stereocenters. The van der Waals surface area contributed by atoms with Crippen molar-refractivity contribution in [2.45, 2.75) is 4.90 Å². The highest BCUT2D eigenvalue weighted by atomic mass is 79.9. The van der Waals surface area contributed by atoms with Crippen molar-refractivity contribution in [2.24, 2.45) is 0 Å². The summed E-state index contributed by atoms with van der Waals surface area (Å²) in [6.07, 6.45) is 0. The quantitative estimate of drug-likeness (QED) is 0.795. The van der Waals surface area contributed by atoms with Gasteiger partial charge in [-0.15, -0.1) is 0 Å². The molecular formula is C15H13BrClFN2O3S. The third kappa shape index (κ3) is 3.94. The topological polar surface area (TPSA) is 66.5 Å². The van der Waals surface area contributed by atoms with Crippen LogP contribution >= 0.6 is 27.5 Å². The molecule has 0 aromatic heterocycles. The fourth-order valence-corrected chi connectivity index (χ4v) is 3.78. The third-order valence-electron chi connectivity index (χ3n) is 3.13. The first kappa shape index (κ1) is 18.9. The van der Waals surface area contributed by atoms with Gasteiger partial charge in [-0.1, -0.05) is 11.6 Å². The number of sulfonamides is 1. The van der Waals surface area contributed by atoms with Gasteiger partial charge in [-0.3, -0.25) is 4.79 Å². The van der Waals surface area contributed by atoms with Gasteiger partial charge in [0.05, 0.1) is 9.92 Å². The van der Waals surface area contributed by atoms with Crippen LogP contribution in [0.2, 0.25) is 5.02 Å². The molecule has 0 spiro atoms. The predicted molar refractivity (Wildman–Crippen MR) is 94.4 cm³/mol. The van der Waals surface area contributed by atoms with E-state index in [1.54, 1.807) is 0 Å². The second kappa shape index (κ2) is 7.18. The molecule has 0 heterocycles. The summed E-state index contributed by atoms with van der Waals surface area (Å²) in [5.41, 5.74) is 0.329. The summed E-state index contributed by atoms with van der Waals surface area (Å²) in [7, 11) is -0.932. The van der Waals surface area contributed by atoms with Crippen molar-refractivity contribution in [3.05, 3.63) is 57.3 Å². The lowest BCUT2D eigenvalue weighted by Gasteiger charge is -2.14. The summed E-state index contributed by atoms with van der Waals surface area (Å²) in [6.45, 7) is 0. The second-order valence-corrected chi connectivity index (χ2v) is 8.40. The van der Waals surface area contributed by atoms with Crippen LogP contribution in [0.4, 0.5) is 10.1 Å². The van der Waals surface area contributed by atoms with E-state index in [-0.39, 0.29) is 21.2 Å². The van der Waals surface area contributed by atoms with Crippen molar-refractivity contribution < 1.29 is 17.6 Å². The molecule has 0 bridgehead atoms. The minimum atomic E-state index is -3.72. The van der Waals surface area contributed by atoms with E-state index in [1.165, 1.54) is 44.4 Å². The van der Waals surface area contributed by atoms with Gasteiger partial charge in [0.15, 0.2) is 0 Å². The molecule has 0 atom stereocenters. The Labute approximate surface area is 152 Å². The van der Waals surface area contributed by atoms with Gasteiger partial charge in [-0.25, -0.2) is 17.1 Å². The van der Waals surface area contributed by atoms with Gasteiger partial charge in [-0.05, 0) is 52.3 Å². The van der Waals surface area contributed by atoms with E-state index in [0.717, 1.165) is 10.4 Å². The maximum Gasteiger partial charge on any atom is 0.255 e. The highest BCUT2D eigenvalue weighted by molar-refractivity contribution is 9.10. The molecule has 2 aromatic rings. The molecule has 2 aromatic carbocycles. The van der Waals surface area contributed by atoms with Crippen molar-refractivity contribution in [1.82, 2.24) is 4.31 Å². The third-order valence-corrected chi connectivity index (χ3v) is 6.24. The van der Waals surface area contributed by atoms with E-state index in [2.05, 4.69) is 21.2 Å². The number of nitrogens with zero attached hydrogens (tertiary/aromatic N) is 1. The Kier molecular flexibility index (Phi) is 5.64. The van der Waals surface area contributed by atoms with Gasteiger partial charge in [-0.2, -0.15) is 0 Å². The van der Waals surface area contributed by atoms with Crippen LogP contribution in [-0.2, 0) is 10.0 Å². The number of hydrogen-bond acceptors (Lipinski definition) is 3. The molecule has 0 aliphatic carbocycles.